The van der Waals surface area contributed by atoms with E-state index in [9.17, 15) is 0 Å². The summed E-state index contributed by atoms with van der Waals surface area (Å²) in [4.78, 5) is 9.75. The first-order valence-electron chi connectivity index (χ1n) is 25.4. The molecule has 0 atom stereocenters. The Kier molecular flexibility index (Phi) is 12.3. The normalized spacial score (nSPS) is 13.4. The summed E-state index contributed by atoms with van der Waals surface area (Å²) in [5.41, 5.74) is 15.1. The van der Waals surface area contributed by atoms with Gasteiger partial charge in [-0.2, -0.15) is 0 Å². The summed E-state index contributed by atoms with van der Waals surface area (Å²) in [5.74, 6) is 3.09. The minimum absolute atomic E-state index is 0.0532. The number of hydrogen-bond donors (Lipinski definition) is 0. The maximum atomic E-state index is 7.39. The van der Waals surface area contributed by atoms with Crippen LogP contribution in [-0.2, 0) is 16.2 Å². The highest BCUT2D eigenvalue weighted by Crippen LogP contribution is 2.46. The number of fused-ring (bicyclic) bond motifs is 3. The van der Waals surface area contributed by atoms with E-state index in [-0.39, 0.29) is 16.2 Å². The number of benzene rings is 7. The molecule has 0 N–H and O–H groups in total. The van der Waals surface area contributed by atoms with E-state index in [4.69, 9.17) is 9.72 Å². The van der Waals surface area contributed by atoms with E-state index in [1.165, 1.54) is 55.3 Å². The van der Waals surface area contributed by atoms with Crippen molar-refractivity contribution in [3.63, 3.8) is 0 Å². The summed E-state index contributed by atoms with van der Waals surface area (Å²) in [6.45, 7) is 25.9. The molecule has 10 rings (SSSR count). The molecule has 0 saturated carbocycles. The zero-order valence-electron chi connectivity index (χ0n) is 43.5. The average Bonchev–Trinajstić information content (AvgIpc) is 4.00. The number of rotatable bonds is 12. The van der Waals surface area contributed by atoms with Gasteiger partial charge in [0.2, 0.25) is 0 Å². The van der Waals surface area contributed by atoms with Gasteiger partial charge >= 0.3 is 0 Å². The van der Waals surface area contributed by atoms with Gasteiger partial charge in [0.15, 0.2) is 0 Å². The third kappa shape index (κ3) is 8.92. The molecule has 0 aliphatic carbocycles. The number of pyridine rings is 1. The Hall–Kier alpha value is -7.37. The number of hydrogen-bond acceptors (Lipinski definition) is 4. The Balaban J connectivity index is 1.14. The second kappa shape index (κ2) is 18.4. The van der Waals surface area contributed by atoms with Crippen molar-refractivity contribution in [2.24, 2.45) is 0 Å². The lowest BCUT2D eigenvalue weighted by molar-refractivity contribution is 0.481. The van der Waals surface area contributed by atoms with Crippen LogP contribution in [0.3, 0.4) is 0 Å². The van der Waals surface area contributed by atoms with Crippen LogP contribution in [0, 0.1) is 0 Å². The maximum Gasteiger partial charge on any atom is 0.137 e. The first kappa shape index (κ1) is 47.3. The first-order valence-corrected chi connectivity index (χ1v) is 25.4. The Morgan fingerprint density at radius 1 is 0.493 bits per heavy atom. The van der Waals surface area contributed by atoms with Gasteiger partial charge in [0.25, 0.3) is 0 Å². The van der Waals surface area contributed by atoms with E-state index in [1.807, 2.05) is 6.20 Å². The molecule has 1 aliphatic heterocycles. The average molecular weight is 933 g/mol. The molecule has 0 spiro atoms. The van der Waals surface area contributed by atoms with Crippen LogP contribution in [0.5, 0.6) is 11.5 Å². The molecule has 0 unspecified atom stereocenters. The summed E-state index contributed by atoms with van der Waals surface area (Å²) in [7, 11) is 0. The number of ether oxygens (including phenoxy) is 1. The predicted octanol–water partition coefficient (Wildman–Crippen LogP) is 17.6. The molecule has 2 aromatic heterocycles. The van der Waals surface area contributed by atoms with Crippen LogP contribution in [0.2, 0.25) is 0 Å². The minimum atomic E-state index is -0.388. The third-order valence-electron chi connectivity index (χ3n) is 15.0. The van der Waals surface area contributed by atoms with Crippen molar-refractivity contribution in [1.82, 2.24) is 9.55 Å². The van der Waals surface area contributed by atoms with E-state index >= 15 is 0 Å². The standard InChI is InChI=1S/C66H68N4O/c1-44(2)55-29-21-30-56(45(3)4)62(55)46-36-52(69-35-34-68(43-69)51-27-20-26-50(38-51)65(8,9)47-22-14-12-15-23-47)40-53(37-46)71-54-41-58(66(10,11)48-24-16-13-17-25-48)63-57-28-18-19-31-59(57)70(60(63)42-54)61-39-49(32-33-67-61)64(5,6)7/h12-42,44-45H,43H2,1-11H3. The summed E-state index contributed by atoms with van der Waals surface area (Å²) in [5, 5.41) is 2.39. The van der Waals surface area contributed by atoms with E-state index in [1.54, 1.807) is 0 Å². The summed E-state index contributed by atoms with van der Waals surface area (Å²) in [6, 6.07) is 62.0. The number of aromatic nitrogens is 2. The van der Waals surface area contributed by atoms with E-state index < -0.39 is 0 Å². The monoisotopic (exact) mass is 933 g/mol. The molecule has 0 radical (unpaired) electrons. The van der Waals surface area contributed by atoms with Gasteiger partial charge in [-0.15, -0.1) is 0 Å². The largest absolute Gasteiger partial charge is 0.457 e. The third-order valence-corrected chi connectivity index (χ3v) is 15.0. The van der Waals surface area contributed by atoms with Gasteiger partial charge in [0, 0.05) is 63.7 Å². The molecule has 9 aromatic rings. The van der Waals surface area contributed by atoms with Crippen molar-refractivity contribution >= 4 is 33.2 Å². The molecular weight excluding hydrogens is 865 g/mol. The lowest BCUT2D eigenvalue weighted by Gasteiger charge is -2.29. The summed E-state index contributed by atoms with van der Waals surface area (Å²) in [6.07, 6.45) is 6.37. The van der Waals surface area contributed by atoms with Crippen LogP contribution in [-0.4, -0.2) is 16.2 Å². The smallest absolute Gasteiger partial charge is 0.137 e. The van der Waals surface area contributed by atoms with Crippen molar-refractivity contribution in [3.8, 4) is 28.4 Å². The van der Waals surface area contributed by atoms with E-state index in [0.29, 0.717) is 18.5 Å². The van der Waals surface area contributed by atoms with E-state index in [2.05, 4.69) is 273 Å². The molecule has 0 saturated heterocycles. The molecule has 0 bridgehead atoms. The SMILES string of the molecule is CC(C)c1cccc(C(C)C)c1-c1cc(Oc2cc(C(C)(C)c3ccccc3)c3c4ccccc4n(-c4cc(C(C)(C)C)ccn4)c3c2)cc(N2C=CN(c3cccc(C(C)(C)c4ccccc4)c3)C2)c1. The molecular formula is C66H68N4O. The fourth-order valence-corrected chi connectivity index (χ4v) is 10.7. The Morgan fingerprint density at radius 3 is 1.75 bits per heavy atom. The number of nitrogens with zero attached hydrogens (tertiary/aromatic N) is 4. The van der Waals surface area contributed by atoms with Gasteiger partial charge in [-0.3, -0.25) is 4.57 Å². The minimum Gasteiger partial charge on any atom is -0.457 e. The highest BCUT2D eigenvalue weighted by molar-refractivity contribution is 6.12. The molecule has 5 nitrogen and oxygen atoms in total. The fraction of sp³-hybridized carbons (Fsp3) is 0.258. The molecule has 7 aromatic carbocycles. The summed E-state index contributed by atoms with van der Waals surface area (Å²) < 4.78 is 9.73. The van der Waals surface area contributed by atoms with Crippen LogP contribution in [0.15, 0.2) is 188 Å². The van der Waals surface area contributed by atoms with Crippen molar-refractivity contribution in [2.75, 3.05) is 16.5 Å². The molecule has 3 heterocycles. The topological polar surface area (TPSA) is 33.5 Å². The molecule has 358 valence electrons. The van der Waals surface area contributed by atoms with Crippen LogP contribution >= 0.6 is 0 Å². The molecule has 0 amide bonds. The quantitative estimate of drug-likeness (QED) is 0.122. The van der Waals surface area contributed by atoms with Crippen molar-refractivity contribution in [1.29, 1.82) is 0 Å². The van der Waals surface area contributed by atoms with Crippen LogP contribution in [0.4, 0.5) is 11.4 Å². The second-order valence-electron chi connectivity index (χ2n) is 22.2. The fourth-order valence-electron chi connectivity index (χ4n) is 10.7. The van der Waals surface area contributed by atoms with Crippen LogP contribution < -0.4 is 14.5 Å². The molecule has 71 heavy (non-hydrogen) atoms. The Bertz CT molecular complexity index is 3400. The number of para-hydroxylation sites is 1. The van der Waals surface area contributed by atoms with Crippen molar-refractivity contribution in [3.05, 3.63) is 227 Å². The Morgan fingerprint density at radius 2 is 1.08 bits per heavy atom. The lowest BCUT2D eigenvalue weighted by Crippen LogP contribution is -2.25. The molecule has 5 heteroatoms. The van der Waals surface area contributed by atoms with Crippen LogP contribution in [0.1, 0.15) is 127 Å². The lowest BCUT2D eigenvalue weighted by atomic mass is 9.76. The zero-order valence-corrected chi connectivity index (χ0v) is 43.5. The van der Waals surface area contributed by atoms with Crippen molar-refractivity contribution in [2.45, 2.75) is 104 Å². The van der Waals surface area contributed by atoms with Gasteiger partial charge in [-0.25, -0.2) is 4.98 Å². The highest BCUT2D eigenvalue weighted by Gasteiger charge is 2.31. The zero-order chi connectivity index (χ0) is 49.8. The van der Waals surface area contributed by atoms with Gasteiger partial charge < -0.3 is 14.5 Å². The highest BCUT2D eigenvalue weighted by atomic mass is 16.5. The number of anilines is 2. The predicted molar refractivity (Wildman–Crippen MR) is 300 cm³/mol. The van der Waals surface area contributed by atoms with Crippen molar-refractivity contribution < 1.29 is 4.74 Å². The van der Waals surface area contributed by atoms with Gasteiger partial charge in [0.1, 0.15) is 17.3 Å². The van der Waals surface area contributed by atoms with E-state index in [0.717, 1.165) is 45.3 Å². The van der Waals surface area contributed by atoms with Crippen LogP contribution in [0.25, 0.3) is 38.8 Å². The summed E-state index contributed by atoms with van der Waals surface area (Å²) >= 11 is 0. The first-order chi connectivity index (χ1) is 34.0. The molecule has 0 fully saturated rings. The second-order valence-corrected chi connectivity index (χ2v) is 22.2. The van der Waals surface area contributed by atoms with Gasteiger partial charge in [0.05, 0.1) is 17.7 Å². The van der Waals surface area contributed by atoms with Gasteiger partial charge in [-0.1, -0.05) is 185 Å². The van der Waals surface area contributed by atoms with Gasteiger partial charge in [-0.05, 0) is 116 Å². The molecule has 1 aliphatic rings. The maximum absolute atomic E-state index is 7.39. The Labute approximate surface area is 422 Å².